The molecule has 1 aliphatic carbocycles. The van der Waals surface area contributed by atoms with Gasteiger partial charge in [-0.25, -0.2) is 0 Å². The number of aliphatic hydroxyl groups is 1. The van der Waals surface area contributed by atoms with Crippen LogP contribution < -0.4 is 0 Å². The maximum atomic E-state index is 12.5. The Balaban J connectivity index is 2.58. The number of rotatable bonds is 14. The van der Waals surface area contributed by atoms with E-state index in [0.717, 1.165) is 51.4 Å². The SMILES string of the molecule is CCCCCC(O)C=CC1C(OC(C)=O)CC(=O)C1CCCCCCC(=O)OC. The van der Waals surface area contributed by atoms with Gasteiger partial charge in [0.15, 0.2) is 0 Å². The maximum absolute atomic E-state index is 12.5. The second kappa shape index (κ2) is 14.3. The third-order valence-corrected chi connectivity index (χ3v) is 5.56. The number of methoxy groups -OCH3 is 1. The monoisotopic (exact) mass is 410 g/mol. The van der Waals surface area contributed by atoms with Gasteiger partial charge < -0.3 is 14.6 Å². The van der Waals surface area contributed by atoms with Crippen LogP contribution >= 0.6 is 0 Å². The van der Waals surface area contributed by atoms with Crippen LogP contribution in [0.4, 0.5) is 0 Å². The highest BCUT2D eigenvalue weighted by Crippen LogP contribution is 2.36. The summed E-state index contributed by atoms with van der Waals surface area (Å²) in [6.45, 7) is 3.48. The zero-order valence-corrected chi connectivity index (χ0v) is 18.2. The van der Waals surface area contributed by atoms with E-state index in [1.54, 1.807) is 6.08 Å². The number of carbonyl (C=O) groups excluding carboxylic acids is 3. The molecule has 1 saturated carbocycles. The Labute approximate surface area is 175 Å². The number of carbonyl (C=O) groups is 3. The summed E-state index contributed by atoms with van der Waals surface area (Å²) in [5.74, 6) is -0.807. The van der Waals surface area contributed by atoms with Gasteiger partial charge in [-0.2, -0.15) is 0 Å². The second-order valence-corrected chi connectivity index (χ2v) is 7.98. The minimum absolute atomic E-state index is 0.126. The molecule has 166 valence electrons. The average Bonchev–Trinajstić information content (AvgIpc) is 2.96. The number of unbranched alkanes of at least 4 members (excludes halogenated alkanes) is 5. The molecule has 0 bridgehead atoms. The lowest BCUT2D eigenvalue weighted by molar-refractivity contribution is -0.147. The van der Waals surface area contributed by atoms with Gasteiger partial charge >= 0.3 is 11.9 Å². The average molecular weight is 411 g/mol. The lowest BCUT2D eigenvalue weighted by Crippen LogP contribution is -2.23. The predicted octanol–water partition coefficient (Wildman–Crippen LogP) is 4.13. The first-order valence-corrected chi connectivity index (χ1v) is 11.0. The smallest absolute Gasteiger partial charge is 0.305 e. The molecule has 1 rings (SSSR count). The molecule has 0 aromatic rings. The van der Waals surface area contributed by atoms with E-state index in [1.165, 1.54) is 14.0 Å². The minimum Gasteiger partial charge on any atom is -0.469 e. The van der Waals surface area contributed by atoms with Gasteiger partial charge in [0.05, 0.1) is 13.2 Å². The number of Topliss-reactive ketones (excluding diaryl/α,β-unsaturated/α-hetero) is 1. The first-order chi connectivity index (χ1) is 13.9. The standard InChI is InChI=1S/C23H38O6/c1-4-5-8-11-18(25)14-15-20-19(21(26)16-22(20)29-17(2)24)12-9-6-7-10-13-23(27)28-3/h14-15,18-20,22,25H,4-13,16H2,1-3H3. The van der Waals surface area contributed by atoms with Crippen LogP contribution in [0.1, 0.15) is 84.5 Å². The van der Waals surface area contributed by atoms with Crippen LogP contribution in [0.15, 0.2) is 12.2 Å². The van der Waals surface area contributed by atoms with Crippen molar-refractivity contribution >= 4 is 17.7 Å². The van der Waals surface area contributed by atoms with E-state index in [4.69, 9.17) is 4.74 Å². The molecule has 1 fully saturated rings. The molecule has 1 aliphatic rings. The minimum atomic E-state index is -0.533. The number of ether oxygens (including phenoxy) is 2. The number of ketones is 1. The lowest BCUT2D eigenvalue weighted by atomic mass is 9.88. The van der Waals surface area contributed by atoms with E-state index in [0.29, 0.717) is 12.8 Å². The molecule has 4 unspecified atom stereocenters. The molecule has 0 heterocycles. The zero-order valence-electron chi connectivity index (χ0n) is 18.2. The largest absolute Gasteiger partial charge is 0.469 e. The zero-order chi connectivity index (χ0) is 21.6. The fraction of sp³-hybridized carbons (Fsp3) is 0.783. The normalized spacial score (nSPS) is 22.8. The fourth-order valence-electron chi connectivity index (χ4n) is 3.95. The highest BCUT2D eigenvalue weighted by molar-refractivity contribution is 5.85. The molecule has 0 aromatic heterocycles. The summed E-state index contributed by atoms with van der Waals surface area (Å²) < 4.78 is 10.0. The number of hydrogen-bond donors (Lipinski definition) is 1. The van der Waals surface area contributed by atoms with Crippen molar-refractivity contribution in [1.29, 1.82) is 0 Å². The molecular formula is C23H38O6. The maximum Gasteiger partial charge on any atom is 0.305 e. The first kappa shape index (κ1) is 25.3. The predicted molar refractivity (Wildman–Crippen MR) is 111 cm³/mol. The summed E-state index contributed by atoms with van der Waals surface area (Å²) in [5, 5.41) is 10.2. The Morgan fingerprint density at radius 1 is 1.17 bits per heavy atom. The summed E-state index contributed by atoms with van der Waals surface area (Å²) in [6.07, 6.45) is 11.5. The molecule has 0 spiro atoms. The van der Waals surface area contributed by atoms with Crippen molar-refractivity contribution in [3.63, 3.8) is 0 Å². The van der Waals surface area contributed by atoms with Crippen molar-refractivity contribution in [3.8, 4) is 0 Å². The molecule has 1 N–H and O–H groups in total. The van der Waals surface area contributed by atoms with E-state index >= 15 is 0 Å². The number of esters is 2. The van der Waals surface area contributed by atoms with E-state index in [2.05, 4.69) is 11.7 Å². The quantitative estimate of drug-likeness (QED) is 0.263. The van der Waals surface area contributed by atoms with E-state index < -0.39 is 12.2 Å². The molecule has 0 aromatic carbocycles. The fourth-order valence-corrected chi connectivity index (χ4v) is 3.95. The Bertz CT molecular complexity index is 541. The third-order valence-electron chi connectivity index (χ3n) is 5.56. The highest BCUT2D eigenvalue weighted by atomic mass is 16.5. The van der Waals surface area contributed by atoms with E-state index in [1.807, 2.05) is 6.08 Å². The van der Waals surface area contributed by atoms with Gasteiger partial charge in [-0.05, 0) is 19.3 Å². The lowest BCUT2D eigenvalue weighted by Gasteiger charge is -2.21. The first-order valence-electron chi connectivity index (χ1n) is 11.0. The van der Waals surface area contributed by atoms with Crippen molar-refractivity contribution in [2.75, 3.05) is 7.11 Å². The molecular weight excluding hydrogens is 372 g/mol. The Hall–Kier alpha value is -1.69. The van der Waals surface area contributed by atoms with Gasteiger partial charge in [-0.15, -0.1) is 0 Å². The van der Waals surface area contributed by atoms with Gasteiger partial charge in [-0.1, -0.05) is 57.6 Å². The van der Waals surface area contributed by atoms with Crippen LogP contribution in [0, 0.1) is 11.8 Å². The third kappa shape index (κ3) is 10.1. The van der Waals surface area contributed by atoms with Gasteiger partial charge in [0.1, 0.15) is 11.9 Å². The molecule has 6 nitrogen and oxygen atoms in total. The van der Waals surface area contributed by atoms with Gasteiger partial charge in [0.2, 0.25) is 0 Å². The topological polar surface area (TPSA) is 89.9 Å². The summed E-state index contributed by atoms with van der Waals surface area (Å²) in [4.78, 5) is 35.1. The second-order valence-electron chi connectivity index (χ2n) is 7.98. The van der Waals surface area contributed by atoms with Crippen molar-refractivity contribution in [2.45, 2.75) is 96.7 Å². The molecule has 0 saturated heterocycles. The molecule has 0 radical (unpaired) electrons. The number of aliphatic hydroxyl groups excluding tert-OH is 1. The summed E-state index contributed by atoms with van der Waals surface area (Å²) in [6, 6.07) is 0. The van der Waals surface area contributed by atoms with Crippen LogP contribution in [0.25, 0.3) is 0 Å². The summed E-state index contributed by atoms with van der Waals surface area (Å²) in [5.41, 5.74) is 0. The van der Waals surface area contributed by atoms with Gasteiger partial charge in [0, 0.05) is 31.6 Å². The van der Waals surface area contributed by atoms with Crippen LogP contribution in [0.5, 0.6) is 0 Å². The van der Waals surface area contributed by atoms with Crippen molar-refractivity contribution in [1.82, 2.24) is 0 Å². The van der Waals surface area contributed by atoms with Crippen LogP contribution in [0.2, 0.25) is 0 Å². The van der Waals surface area contributed by atoms with Crippen LogP contribution in [0.3, 0.4) is 0 Å². The van der Waals surface area contributed by atoms with Gasteiger partial charge in [0.25, 0.3) is 0 Å². The Morgan fingerprint density at radius 2 is 1.90 bits per heavy atom. The summed E-state index contributed by atoms with van der Waals surface area (Å²) >= 11 is 0. The number of hydrogen-bond acceptors (Lipinski definition) is 6. The van der Waals surface area contributed by atoms with Crippen molar-refractivity contribution in [2.24, 2.45) is 11.8 Å². The molecule has 29 heavy (non-hydrogen) atoms. The Morgan fingerprint density at radius 3 is 2.55 bits per heavy atom. The summed E-state index contributed by atoms with van der Waals surface area (Å²) in [7, 11) is 1.39. The molecule has 4 atom stereocenters. The van der Waals surface area contributed by atoms with E-state index in [9.17, 15) is 19.5 Å². The van der Waals surface area contributed by atoms with Crippen LogP contribution in [-0.2, 0) is 23.9 Å². The highest BCUT2D eigenvalue weighted by Gasteiger charge is 2.42. The van der Waals surface area contributed by atoms with E-state index in [-0.39, 0.29) is 36.0 Å². The Kier molecular flexibility index (Phi) is 12.5. The van der Waals surface area contributed by atoms with Gasteiger partial charge in [-0.3, -0.25) is 14.4 Å². The molecule has 0 amide bonds. The van der Waals surface area contributed by atoms with Crippen molar-refractivity contribution in [3.05, 3.63) is 12.2 Å². The molecule has 6 heteroatoms. The molecule has 0 aliphatic heterocycles. The van der Waals surface area contributed by atoms with Crippen LogP contribution in [-0.4, -0.2) is 42.1 Å². The van der Waals surface area contributed by atoms with Crippen molar-refractivity contribution < 1.29 is 29.0 Å².